The van der Waals surface area contributed by atoms with Crippen LogP contribution in [0, 0.1) is 11.6 Å². The molecule has 176 valence electrons. The zero-order chi connectivity index (χ0) is 23.5. The molecule has 0 amide bonds. The molecule has 0 aliphatic carbocycles. The molecule has 0 radical (unpaired) electrons. The minimum atomic E-state index is -0.270. The van der Waals surface area contributed by atoms with E-state index >= 15 is 0 Å². The number of likely N-dealkylation sites (tertiary alicyclic amines) is 1. The highest BCUT2D eigenvalue weighted by Crippen LogP contribution is 2.31. The molecule has 0 unspecified atom stereocenters. The third kappa shape index (κ3) is 4.82. The summed E-state index contributed by atoms with van der Waals surface area (Å²) in [5, 5.41) is 0. The summed E-state index contributed by atoms with van der Waals surface area (Å²) in [5.74, 6) is -0.587. The van der Waals surface area contributed by atoms with Crippen molar-refractivity contribution in [3.63, 3.8) is 0 Å². The maximum atomic E-state index is 13.9. The van der Waals surface area contributed by atoms with Crippen LogP contribution < -0.4 is 5.69 Å². The van der Waals surface area contributed by atoms with Crippen molar-refractivity contribution < 1.29 is 8.78 Å². The van der Waals surface area contributed by atoms with E-state index in [4.69, 9.17) is 0 Å². The van der Waals surface area contributed by atoms with Crippen LogP contribution in [0.4, 0.5) is 8.78 Å². The third-order valence-electron chi connectivity index (χ3n) is 7.02. The van der Waals surface area contributed by atoms with Gasteiger partial charge in [-0.25, -0.2) is 13.6 Å². The summed E-state index contributed by atoms with van der Waals surface area (Å²) in [7, 11) is 0. The first-order valence-corrected chi connectivity index (χ1v) is 12.0. The number of imidazole rings is 1. The highest BCUT2D eigenvalue weighted by molar-refractivity contribution is 5.75. The van der Waals surface area contributed by atoms with Crippen molar-refractivity contribution in [2.24, 2.45) is 0 Å². The lowest BCUT2D eigenvalue weighted by Crippen LogP contribution is -2.37. The van der Waals surface area contributed by atoms with Gasteiger partial charge in [0.25, 0.3) is 0 Å². The number of para-hydroxylation sites is 2. The lowest BCUT2D eigenvalue weighted by atomic mass is 9.87. The van der Waals surface area contributed by atoms with E-state index in [1.165, 1.54) is 12.1 Å². The number of rotatable bonds is 7. The SMILES string of the molecule is O=c1[nH]c2ccccc2n1C1CCN(CCCC(c2cccc(F)c2)c2cccc(F)c2)CC1. The van der Waals surface area contributed by atoms with E-state index in [-0.39, 0.29) is 29.3 Å². The summed E-state index contributed by atoms with van der Waals surface area (Å²) >= 11 is 0. The molecule has 0 atom stereocenters. The van der Waals surface area contributed by atoms with Crippen LogP contribution in [0.3, 0.4) is 0 Å². The molecule has 1 N–H and O–H groups in total. The van der Waals surface area contributed by atoms with E-state index in [1.54, 1.807) is 24.3 Å². The number of hydrogen-bond donors (Lipinski definition) is 1. The van der Waals surface area contributed by atoms with Crippen LogP contribution in [0.15, 0.2) is 77.6 Å². The van der Waals surface area contributed by atoms with Gasteiger partial charge in [0.05, 0.1) is 11.0 Å². The Labute approximate surface area is 197 Å². The van der Waals surface area contributed by atoms with Gasteiger partial charge in [-0.05, 0) is 79.8 Å². The van der Waals surface area contributed by atoms with Crippen molar-refractivity contribution >= 4 is 11.0 Å². The molecule has 5 rings (SSSR count). The van der Waals surface area contributed by atoms with Crippen molar-refractivity contribution in [2.45, 2.75) is 37.6 Å². The van der Waals surface area contributed by atoms with Crippen LogP contribution in [0.25, 0.3) is 11.0 Å². The van der Waals surface area contributed by atoms with Crippen LogP contribution in [-0.2, 0) is 0 Å². The average molecular weight is 462 g/mol. The number of aromatic amines is 1. The fourth-order valence-electron chi connectivity index (χ4n) is 5.33. The molecule has 34 heavy (non-hydrogen) atoms. The number of halogens is 2. The van der Waals surface area contributed by atoms with Gasteiger partial charge in [0.2, 0.25) is 0 Å². The topological polar surface area (TPSA) is 41.0 Å². The molecule has 4 aromatic rings. The Morgan fingerprint density at radius 1 is 0.882 bits per heavy atom. The Bertz CT molecular complexity index is 1270. The third-order valence-corrected chi connectivity index (χ3v) is 7.02. The van der Waals surface area contributed by atoms with Gasteiger partial charge in [0.15, 0.2) is 0 Å². The van der Waals surface area contributed by atoms with Crippen LogP contribution in [-0.4, -0.2) is 34.1 Å². The Morgan fingerprint density at radius 2 is 1.53 bits per heavy atom. The number of hydrogen-bond acceptors (Lipinski definition) is 2. The molecule has 1 saturated heterocycles. The largest absolute Gasteiger partial charge is 0.326 e. The number of aromatic nitrogens is 2. The number of benzene rings is 3. The summed E-state index contributed by atoms with van der Waals surface area (Å²) in [4.78, 5) is 17.9. The highest BCUT2D eigenvalue weighted by Gasteiger charge is 2.24. The molecule has 1 fully saturated rings. The molecule has 6 heteroatoms. The van der Waals surface area contributed by atoms with Crippen LogP contribution in [0.2, 0.25) is 0 Å². The maximum absolute atomic E-state index is 13.9. The summed E-state index contributed by atoms with van der Waals surface area (Å²) < 4.78 is 29.7. The zero-order valence-electron chi connectivity index (χ0n) is 19.1. The van der Waals surface area contributed by atoms with E-state index < -0.39 is 0 Å². The first-order chi connectivity index (χ1) is 16.6. The number of nitrogens with one attached hydrogen (secondary N) is 1. The Hall–Kier alpha value is -3.25. The summed E-state index contributed by atoms with van der Waals surface area (Å²) in [6.45, 7) is 2.79. The van der Waals surface area contributed by atoms with Gasteiger partial charge in [-0.2, -0.15) is 0 Å². The number of fused-ring (bicyclic) bond motifs is 1. The van der Waals surface area contributed by atoms with Gasteiger partial charge < -0.3 is 9.88 Å². The van der Waals surface area contributed by atoms with E-state index in [2.05, 4.69) is 9.88 Å². The molecule has 1 aliphatic heterocycles. The minimum absolute atomic E-state index is 0.0346. The smallest absolute Gasteiger partial charge is 0.306 e. The number of H-pyrrole nitrogens is 1. The molecule has 0 spiro atoms. The van der Waals surface area contributed by atoms with Crippen molar-refractivity contribution in [3.05, 3.63) is 106 Å². The predicted octanol–water partition coefficient (Wildman–Crippen LogP) is 5.86. The zero-order valence-corrected chi connectivity index (χ0v) is 19.1. The molecule has 1 aliphatic rings. The Balaban J connectivity index is 1.22. The molecule has 0 bridgehead atoms. The summed E-state index contributed by atoms with van der Waals surface area (Å²) in [6.07, 6.45) is 3.60. The van der Waals surface area contributed by atoms with Gasteiger partial charge >= 0.3 is 5.69 Å². The molecule has 2 heterocycles. The van der Waals surface area contributed by atoms with Gasteiger partial charge in [-0.1, -0.05) is 36.4 Å². The Kier molecular flexibility index (Phi) is 6.59. The van der Waals surface area contributed by atoms with Crippen molar-refractivity contribution in [2.75, 3.05) is 19.6 Å². The van der Waals surface area contributed by atoms with Gasteiger partial charge in [-0.3, -0.25) is 4.57 Å². The molecular formula is C28H29F2N3O. The van der Waals surface area contributed by atoms with Gasteiger partial charge in [0.1, 0.15) is 11.6 Å². The quantitative estimate of drug-likeness (QED) is 0.375. The van der Waals surface area contributed by atoms with Gasteiger partial charge in [-0.15, -0.1) is 0 Å². The summed E-state index contributed by atoms with van der Waals surface area (Å²) in [5.41, 5.74) is 3.58. The highest BCUT2D eigenvalue weighted by atomic mass is 19.1. The average Bonchev–Trinajstić information content (AvgIpc) is 3.18. The first-order valence-electron chi connectivity index (χ1n) is 12.0. The van der Waals surface area contributed by atoms with Crippen LogP contribution >= 0.6 is 0 Å². The fourth-order valence-corrected chi connectivity index (χ4v) is 5.33. The van der Waals surface area contributed by atoms with Crippen molar-refractivity contribution in [3.8, 4) is 0 Å². The number of nitrogens with zero attached hydrogens (tertiary/aromatic N) is 2. The predicted molar refractivity (Wildman–Crippen MR) is 131 cm³/mol. The van der Waals surface area contributed by atoms with Crippen LogP contribution in [0.5, 0.6) is 0 Å². The molecular weight excluding hydrogens is 432 g/mol. The van der Waals surface area contributed by atoms with E-state index in [0.29, 0.717) is 0 Å². The van der Waals surface area contributed by atoms with Gasteiger partial charge in [0, 0.05) is 25.0 Å². The van der Waals surface area contributed by atoms with Crippen molar-refractivity contribution in [1.29, 1.82) is 0 Å². The van der Waals surface area contributed by atoms with E-state index in [9.17, 15) is 13.6 Å². The molecule has 0 saturated carbocycles. The standard InChI is InChI=1S/C28H29F2N3O/c29-22-8-3-6-20(18-22)25(21-7-4-9-23(30)19-21)10-5-15-32-16-13-24(14-17-32)33-27-12-2-1-11-26(27)31-28(33)34/h1-4,6-9,11-12,18-19,24-25H,5,10,13-17H2,(H,31,34). The van der Waals surface area contributed by atoms with E-state index in [1.807, 2.05) is 41.0 Å². The molecule has 1 aromatic heterocycles. The number of piperidine rings is 1. The Morgan fingerprint density at radius 3 is 2.18 bits per heavy atom. The second kappa shape index (κ2) is 9.94. The maximum Gasteiger partial charge on any atom is 0.326 e. The molecule has 3 aromatic carbocycles. The first kappa shape index (κ1) is 22.5. The molecule has 4 nitrogen and oxygen atoms in total. The van der Waals surface area contributed by atoms with E-state index in [0.717, 1.165) is 67.5 Å². The van der Waals surface area contributed by atoms with Crippen LogP contribution in [0.1, 0.15) is 48.8 Å². The normalized spacial score (nSPS) is 15.4. The lowest BCUT2D eigenvalue weighted by Gasteiger charge is -2.32. The summed E-state index contributed by atoms with van der Waals surface area (Å²) in [6, 6.07) is 21.3. The van der Waals surface area contributed by atoms with Crippen molar-refractivity contribution in [1.82, 2.24) is 14.5 Å². The second-order valence-electron chi connectivity index (χ2n) is 9.19. The fraction of sp³-hybridized carbons (Fsp3) is 0.321. The second-order valence-corrected chi connectivity index (χ2v) is 9.19. The minimum Gasteiger partial charge on any atom is -0.306 e. The lowest BCUT2D eigenvalue weighted by molar-refractivity contribution is 0.183. The monoisotopic (exact) mass is 461 g/mol.